The van der Waals surface area contributed by atoms with Gasteiger partial charge in [0, 0.05) is 6.42 Å². The Balaban J connectivity index is 2.18. The van der Waals surface area contributed by atoms with Gasteiger partial charge in [0.2, 0.25) is 5.91 Å². The number of hydrogen-bond donors (Lipinski definition) is 6. The van der Waals surface area contributed by atoms with E-state index in [1.807, 2.05) is 6.08 Å². The van der Waals surface area contributed by atoms with Crippen LogP contribution in [0.25, 0.3) is 0 Å². The van der Waals surface area contributed by atoms with Gasteiger partial charge in [-0.1, -0.05) is 291 Å². The van der Waals surface area contributed by atoms with Gasteiger partial charge >= 0.3 is 0 Å². The molecule has 0 aliphatic carbocycles. The van der Waals surface area contributed by atoms with Crippen molar-refractivity contribution in [1.29, 1.82) is 0 Å². The lowest BCUT2D eigenvalue weighted by Crippen LogP contribution is -2.60. The number of carbonyl (C=O) groups excluding carboxylic acids is 1. The molecule has 6 N–H and O–H groups in total. The van der Waals surface area contributed by atoms with Crippen LogP contribution in [-0.4, -0.2) is 87.5 Å². The molecule has 1 amide bonds. The van der Waals surface area contributed by atoms with E-state index in [-0.39, 0.29) is 12.5 Å². The lowest BCUT2D eigenvalue weighted by Gasteiger charge is -2.40. The minimum absolute atomic E-state index is 0.181. The van der Waals surface area contributed by atoms with Gasteiger partial charge < -0.3 is 40.3 Å². The van der Waals surface area contributed by atoms with E-state index in [1.54, 1.807) is 6.08 Å². The molecule has 78 heavy (non-hydrogen) atoms. The zero-order valence-corrected chi connectivity index (χ0v) is 50.1. The van der Waals surface area contributed by atoms with Crippen molar-refractivity contribution in [1.82, 2.24) is 5.32 Å². The molecule has 1 rings (SSSR count). The van der Waals surface area contributed by atoms with Crippen molar-refractivity contribution < 1.29 is 39.8 Å². The Bertz CT molecular complexity index is 1550. The summed E-state index contributed by atoms with van der Waals surface area (Å²) >= 11 is 0. The first kappa shape index (κ1) is 73.1. The first-order chi connectivity index (χ1) is 38.3. The van der Waals surface area contributed by atoms with Gasteiger partial charge in [-0.25, -0.2) is 0 Å². The molecule has 450 valence electrons. The minimum atomic E-state index is -1.57. The van der Waals surface area contributed by atoms with Crippen LogP contribution in [0.15, 0.2) is 97.2 Å². The fourth-order valence-corrected chi connectivity index (χ4v) is 9.84. The van der Waals surface area contributed by atoms with Crippen LogP contribution in [0.1, 0.15) is 277 Å². The van der Waals surface area contributed by atoms with E-state index in [0.717, 1.165) is 89.9 Å². The molecule has 1 heterocycles. The van der Waals surface area contributed by atoms with Crippen molar-refractivity contribution in [3.63, 3.8) is 0 Å². The number of hydrogen-bond acceptors (Lipinski definition) is 8. The van der Waals surface area contributed by atoms with Crippen molar-refractivity contribution >= 4 is 5.91 Å². The predicted octanol–water partition coefficient (Wildman–Crippen LogP) is 17.1. The van der Waals surface area contributed by atoms with Crippen LogP contribution in [0.3, 0.4) is 0 Å². The summed E-state index contributed by atoms with van der Waals surface area (Å²) in [6.45, 7) is 3.68. The Morgan fingerprint density at radius 1 is 0.449 bits per heavy atom. The largest absolute Gasteiger partial charge is 0.394 e. The normalized spacial score (nSPS) is 19.3. The zero-order valence-electron chi connectivity index (χ0n) is 50.1. The van der Waals surface area contributed by atoms with Crippen molar-refractivity contribution in [3.8, 4) is 0 Å². The van der Waals surface area contributed by atoms with Crippen LogP contribution in [0.5, 0.6) is 0 Å². The number of nitrogens with one attached hydrogen (secondary N) is 1. The highest BCUT2D eigenvalue weighted by Crippen LogP contribution is 2.23. The summed E-state index contributed by atoms with van der Waals surface area (Å²) in [4.78, 5) is 13.1. The summed E-state index contributed by atoms with van der Waals surface area (Å²) in [5.41, 5.74) is 0. The Morgan fingerprint density at radius 2 is 0.795 bits per heavy atom. The van der Waals surface area contributed by atoms with Gasteiger partial charge in [-0.2, -0.15) is 0 Å². The number of unbranched alkanes of at least 4 members (excludes halogenated alkanes) is 31. The van der Waals surface area contributed by atoms with E-state index in [0.29, 0.717) is 6.42 Å². The molecule has 9 heteroatoms. The third-order valence-electron chi connectivity index (χ3n) is 14.9. The van der Waals surface area contributed by atoms with Gasteiger partial charge in [0.05, 0.1) is 25.4 Å². The molecule has 0 saturated carbocycles. The summed E-state index contributed by atoms with van der Waals surface area (Å²) in [6.07, 6.45) is 76.2. The Kier molecular flexibility index (Phi) is 53.8. The number of aliphatic hydroxyl groups is 5. The van der Waals surface area contributed by atoms with E-state index in [2.05, 4.69) is 104 Å². The lowest BCUT2D eigenvalue weighted by atomic mass is 9.99. The van der Waals surface area contributed by atoms with Gasteiger partial charge in [0.25, 0.3) is 0 Å². The van der Waals surface area contributed by atoms with Crippen LogP contribution < -0.4 is 5.32 Å². The number of aliphatic hydroxyl groups excluding tert-OH is 5. The number of amides is 1. The second-order valence-corrected chi connectivity index (χ2v) is 22.2. The van der Waals surface area contributed by atoms with Crippen molar-refractivity contribution in [2.75, 3.05) is 13.2 Å². The molecule has 0 aromatic carbocycles. The summed E-state index contributed by atoms with van der Waals surface area (Å²) < 4.78 is 11.3. The summed E-state index contributed by atoms with van der Waals surface area (Å²) in [7, 11) is 0. The van der Waals surface area contributed by atoms with Gasteiger partial charge in [0.1, 0.15) is 24.4 Å². The number of allylic oxidation sites excluding steroid dienone is 15. The highest BCUT2D eigenvalue weighted by Gasteiger charge is 2.44. The number of rotatable bonds is 55. The molecule has 7 atom stereocenters. The molecule has 1 aliphatic rings. The Morgan fingerprint density at radius 3 is 1.18 bits per heavy atom. The Hall–Kier alpha value is -2.89. The third-order valence-corrected chi connectivity index (χ3v) is 14.9. The Labute approximate surface area is 479 Å². The average Bonchev–Trinajstić information content (AvgIpc) is 3.45. The highest BCUT2D eigenvalue weighted by molar-refractivity contribution is 5.76. The van der Waals surface area contributed by atoms with Crippen LogP contribution in [-0.2, 0) is 14.3 Å². The first-order valence-corrected chi connectivity index (χ1v) is 32.5. The highest BCUT2D eigenvalue weighted by atomic mass is 16.7. The molecule has 0 aromatic heterocycles. The molecule has 9 nitrogen and oxygen atoms in total. The number of carbonyl (C=O) groups is 1. The van der Waals surface area contributed by atoms with Crippen LogP contribution in [0.4, 0.5) is 0 Å². The second-order valence-electron chi connectivity index (χ2n) is 22.2. The maximum Gasteiger partial charge on any atom is 0.220 e. The molecule has 1 saturated heterocycles. The lowest BCUT2D eigenvalue weighted by molar-refractivity contribution is -0.302. The molecule has 0 aromatic rings. The second kappa shape index (κ2) is 57.3. The smallest absolute Gasteiger partial charge is 0.220 e. The summed E-state index contributed by atoms with van der Waals surface area (Å²) in [6, 6.07) is -0.813. The van der Waals surface area contributed by atoms with Gasteiger partial charge in [-0.3, -0.25) is 4.79 Å². The van der Waals surface area contributed by atoms with Crippen molar-refractivity contribution in [3.05, 3.63) is 97.2 Å². The van der Waals surface area contributed by atoms with Gasteiger partial charge in [-0.05, 0) is 77.0 Å². The fraction of sp³-hybridized carbons (Fsp3) is 0.754. The van der Waals surface area contributed by atoms with Crippen molar-refractivity contribution in [2.45, 2.75) is 320 Å². The molecule has 7 unspecified atom stereocenters. The quantitative estimate of drug-likeness (QED) is 0.0261. The molecular formula is C69H121NO8. The SMILES string of the molecule is CC/C=C\C/C=C\C/C=C\C/C=C\C/C=C\C/C=C\C/C=C\CCCCCCCCCCCCCC(=O)NC(COC1OC(CO)C(O)C(O)C1O)C(O)/C=C/CCCCCCCCCCCCCCCCCCCCCC. The maximum atomic E-state index is 13.1. The standard InChI is InChI=1S/C69H121NO8/c1-3-5-7-9-11-13-15-17-19-21-23-25-27-28-29-30-31-32-33-34-35-36-37-39-41-43-45-47-49-51-53-55-57-59-65(73)70-62(61-77-69-68(76)67(75)66(74)64(60-71)78-69)63(72)58-56-54-52-50-48-46-44-42-40-38-26-24-22-20-18-16-14-12-10-8-6-4-2/h5,7,11,13,17,19,23,25,28-29,31-32,34-35,56,58,62-64,66-69,71-72,74-76H,3-4,6,8-10,12,14-16,18,20-22,24,26-27,30,33,36-55,57,59-61H2,1-2H3,(H,70,73)/b7-5-,13-11-,19-17-,25-23-,29-28-,32-31-,35-34-,58-56+. The molecule has 0 bridgehead atoms. The first-order valence-electron chi connectivity index (χ1n) is 32.5. The van der Waals surface area contributed by atoms with E-state index < -0.39 is 49.5 Å². The minimum Gasteiger partial charge on any atom is -0.394 e. The molecule has 1 fully saturated rings. The van der Waals surface area contributed by atoms with E-state index in [1.165, 1.54) is 167 Å². The third kappa shape index (κ3) is 45.8. The topological polar surface area (TPSA) is 149 Å². The van der Waals surface area contributed by atoms with Gasteiger partial charge in [-0.15, -0.1) is 0 Å². The zero-order chi connectivity index (χ0) is 56.5. The molecular weight excluding hydrogens is 971 g/mol. The van der Waals surface area contributed by atoms with Crippen molar-refractivity contribution in [2.24, 2.45) is 0 Å². The monoisotopic (exact) mass is 1090 g/mol. The van der Waals surface area contributed by atoms with Crippen LogP contribution in [0, 0.1) is 0 Å². The molecule has 1 aliphatic heterocycles. The van der Waals surface area contributed by atoms with E-state index >= 15 is 0 Å². The summed E-state index contributed by atoms with van der Waals surface area (Å²) in [5.74, 6) is -0.181. The molecule has 0 radical (unpaired) electrons. The fourth-order valence-electron chi connectivity index (χ4n) is 9.84. The van der Waals surface area contributed by atoms with Gasteiger partial charge in [0.15, 0.2) is 6.29 Å². The predicted molar refractivity (Wildman–Crippen MR) is 331 cm³/mol. The molecule has 0 spiro atoms. The summed E-state index contributed by atoms with van der Waals surface area (Å²) in [5, 5.41) is 54.7. The van der Waals surface area contributed by atoms with Crippen LogP contribution in [0.2, 0.25) is 0 Å². The maximum absolute atomic E-state index is 13.1. The van der Waals surface area contributed by atoms with E-state index in [4.69, 9.17) is 9.47 Å². The van der Waals surface area contributed by atoms with E-state index in [9.17, 15) is 30.3 Å². The average molecular weight is 1090 g/mol. The van der Waals surface area contributed by atoms with Crippen LogP contribution >= 0.6 is 0 Å². The number of ether oxygens (including phenoxy) is 2.